The van der Waals surface area contributed by atoms with Crippen molar-refractivity contribution in [3.05, 3.63) is 47.0 Å². The van der Waals surface area contributed by atoms with E-state index in [1.165, 1.54) is 6.07 Å². The first-order chi connectivity index (χ1) is 8.56. The minimum atomic E-state index is -0.748. The second kappa shape index (κ2) is 4.88. The number of carbonyl (C=O) groups excluding carboxylic acids is 3. The molecule has 2 aromatic carbocycles. The second-order valence-electron chi connectivity index (χ2n) is 3.60. The van der Waals surface area contributed by atoms with E-state index in [2.05, 4.69) is 0 Å². The summed E-state index contributed by atoms with van der Waals surface area (Å²) in [4.78, 5) is 33.7. The van der Waals surface area contributed by atoms with E-state index in [-0.39, 0.29) is 16.7 Å². The summed E-state index contributed by atoms with van der Waals surface area (Å²) in [7, 11) is 0. The molecule has 0 N–H and O–H groups in total. The summed E-state index contributed by atoms with van der Waals surface area (Å²) >= 11 is 11.0. The van der Waals surface area contributed by atoms with E-state index in [1.807, 2.05) is 0 Å². The molecule has 0 amide bonds. The van der Waals surface area contributed by atoms with Crippen LogP contribution in [0.25, 0.3) is 10.8 Å². The Balaban J connectivity index is 3.01. The number of rotatable bonds is 3. The van der Waals surface area contributed by atoms with Crippen molar-refractivity contribution in [3.8, 4) is 0 Å². The summed E-state index contributed by atoms with van der Waals surface area (Å²) in [6.45, 7) is 0. The van der Waals surface area contributed by atoms with Crippen molar-refractivity contribution in [2.45, 2.75) is 0 Å². The van der Waals surface area contributed by atoms with Gasteiger partial charge in [-0.15, -0.1) is 0 Å². The lowest BCUT2D eigenvalue weighted by Crippen LogP contribution is -2.02. The molecule has 90 valence electrons. The first-order valence-electron chi connectivity index (χ1n) is 4.97. The zero-order valence-corrected chi connectivity index (χ0v) is 10.5. The molecule has 0 spiro atoms. The highest BCUT2D eigenvalue weighted by molar-refractivity contribution is 6.70. The minimum absolute atomic E-state index is 0.0534. The number of fused-ring (bicyclic) bond motifs is 1. The predicted molar refractivity (Wildman–Crippen MR) is 69.7 cm³/mol. The number of aldehydes is 1. The van der Waals surface area contributed by atoms with Crippen LogP contribution in [0.15, 0.2) is 30.3 Å². The summed E-state index contributed by atoms with van der Waals surface area (Å²) in [5.41, 5.74) is 0.317. The van der Waals surface area contributed by atoms with Crippen LogP contribution in [-0.2, 0) is 0 Å². The first-order valence-corrected chi connectivity index (χ1v) is 5.72. The minimum Gasteiger partial charge on any atom is -0.298 e. The molecule has 18 heavy (non-hydrogen) atoms. The van der Waals surface area contributed by atoms with Crippen LogP contribution in [0.2, 0.25) is 0 Å². The smallest absolute Gasteiger partial charge is 0.253 e. The third-order valence-corrected chi connectivity index (χ3v) is 3.00. The van der Waals surface area contributed by atoms with Crippen molar-refractivity contribution in [1.29, 1.82) is 0 Å². The Morgan fingerprint density at radius 3 is 2.11 bits per heavy atom. The average molecular weight is 281 g/mol. The molecule has 0 aromatic heterocycles. The van der Waals surface area contributed by atoms with Crippen LogP contribution in [0.3, 0.4) is 0 Å². The topological polar surface area (TPSA) is 51.2 Å². The van der Waals surface area contributed by atoms with Gasteiger partial charge in [-0.3, -0.25) is 14.4 Å². The number of hydrogen-bond donors (Lipinski definition) is 0. The van der Waals surface area contributed by atoms with Gasteiger partial charge in [-0.05, 0) is 40.0 Å². The molecular weight excluding hydrogens is 275 g/mol. The van der Waals surface area contributed by atoms with E-state index in [0.29, 0.717) is 17.1 Å². The predicted octanol–water partition coefficient (Wildman–Crippen LogP) is 3.41. The Kier molecular flexibility index (Phi) is 3.45. The molecule has 3 nitrogen and oxygen atoms in total. The number of halogens is 2. The van der Waals surface area contributed by atoms with E-state index in [1.54, 1.807) is 24.3 Å². The van der Waals surface area contributed by atoms with Gasteiger partial charge >= 0.3 is 0 Å². The molecule has 0 bridgehead atoms. The lowest BCUT2D eigenvalue weighted by Gasteiger charge is -2.08. The van der Waals surface area contributed by atoms with Crippen molar-refractivity contribution in [3.63, 3.8) is 0 Å². The highest BCUT2D eigenvalue weighted by atomic mass is 35.5. The molecule has 0 radical (unpaired) electrons. The van der Waals surface area contributed by atoms with Crippen LogP contribution in [0.1, 0.15) is 31.1 Å². The fraction of sp³-hybridized carbons (Fsp3) is 0. The molecule has 0 unspecified atom stereocenters. The maximum atomic E-state index is 11.4. The summed E-state index contributed by atoms with van der Waals surface area (Å²) in [6.07, 6.45) is 0.478. The second-order valence-corrected chi connectivity index (χ2v) is 4.29. The third kappa shape index (κ3) is 2.03. The summed E-state index contributed by atoms with van der Waals surface area (Å²) in [5, 5.41) is -0.511. The quantitative estimate of drug-likeness (QED) is 0.640. The molecule has 0 saturated carbocycles. The molecule has 0 aliphatic carbocycles. The van der Waals surface area contributed by atoms with Gasteiger partial charge in [0.15, 0.2) is 6.29 Å². The van der Waals surface area contributed by atoms with Crippen molar-refractivity contribution >= 4 is 50.7 Å². The van der Waals surface area contributed by atoms with Gasteiger partial charge < -0.3 is 0 Å². The van der Waals surface area contributed by atoms with Crippen LogP contribution in [0.5, 0.6) is 0 Å². The summed E-state index contributed by atoms with van der Waals surface area (Å²) < 4.78 is 0. The van der Waals surface area contributed by atoms with Gasteiger partial charge in [0.25, 0.3) is 10.5 Å². The van der Waals surface area contributed by atoms with Crippen molar-refractivity contribution in [2.75, 3.05) is 0 Å². The van der Waals surface area contributed by atoms with E-state index in [4.69, 9.17) is 23.2 Å². The number of hydrogen-bond acceptors (Lipinski definition) is 3. The molecule has 0 atom stereocenters. The Hall–Kier alpha value is -1.71. The zero-order valence-electron chi connectivity index (χ0n) is 8.94. The Bertz CT molecular complexity index is 677. The molecule has 2 rings (SSSR count). The monoisotopic (exact) mass is 280 g/mol. The van der Waals surface area contributed by atoms with Gasteiger partial charge in [0.1, 0.15) is 0 Å². The van der Waals surface area contributed by atoms with Crippen LogP contribution in [-0.4, -0.2) is 16.8 Å². The Labute approximate surface area is 112 Å². The van der Waals surface area contributed by atoms with Gasteiger partial charge in [0.2, 0.25) is 0 Å². The molecule has 0 aliphatic rings. The molecule has 5 heteroatoms. The number of benzene rings is 2. The molecule has 0 heterocycles. The average Bonchev–Trinajstić information content (AvgIpc) is 2.35. The maximum Gasteiger partial charge on any atom is 0.253 e. The van der Waals surface area contributed by atoms with E-state index >= 15 is 0 Å². The standard InChI is InChI=1S/C13H6Cl2O3/c14-12(17)10-5-7(6-16)11(13(15)18)9-4-2-1-3-8(9)10/h1-6H. The van der Waals surface area contributed by atoms with Crippen molar-refractivity contribution in [1.82, 2.24) is 0 Å². The van der Waals surface area contributed by atoms with Gasteiger partial charge in [-0.2, -0.15) is 0 Å². The van der Waals surface area contributed by atoms with E-state index < -0.39 is 10.5 Å². The van der Waals surface area contributed by atoms with Crippen LogP contribution >= 0.6 is 23.2 Å². The van der Waals surface area contributed by atoms with Gasteiger partial charge in [-0.25, -0.2) is 0 Å². The molecule has 2 aromatic rings. The fourth-order valence-electron chi connectivity index (χ4n) is 1.87. The maximum absolute atomic E-state index is 11.4. The Morgan fingerprint density at radius 2 is 1.61 bits per heavy atom. The van der Waals surface area contributed by atoms with Crippen LogP contribution < -0.4 is 0 Å². The molecule has 0 saturated heterocycles. The highest BCUT2D eigenvalue weighted by Crippen LogP contribution is 2.28. The van der Waals surface area contributed by atoms with Crippen molar-refractivity contribution in [2.24, 2.45) is 0 Å². The van der Waals surface area contributed by atoms with Crippen molar-refractivity contribution < 1.29 is 14.4 Å². The summed E-state index contributed by atoms with van der Waals surface area (Å²) in [6, 6.07) is 7.92. The van der Waals surface area contributed by atoms with Crippen LogP contribution in [0, 0.1) is 0 Å². The van der Waals surface area contributed by atoms with Crippen LogP contribution in [0.4, 0.5) is 0 Å². The highest BCUT2D eigenvalue weighted by Gasteiger charge is 2.18. The fourth-order valence-corrected chi connectivity index (χ4v) is 2.24. The normalized spacial score (nSPS) is 10.3. The molecule has 0 fully saturated rings. The van der Waals surface area contributed by atoms with E-state index in [0.717, 1.165) is 0 Å². The lowest BCUT2D eigenvalue weighted by atomic mass is 9.96. The first kappa shape index (κ1) is 12.7. The summed E-state index contributed by atoms with van der Waals surface area (Å²) in [5.74, 6) is 0. The lowest BCUT2D eigenvalue weighted by molar-refractivity contribution is 0.106. The SMILES string of the molecule is O=Cc1cc(C(=O)Cl)c2ccccc2c1C(=O)Cl. The largest absolute Gasteiger partial charge is 0.298 e. The van der Waals surface area contributed by atoms with Gasteiger partial charge in [0, 0.05) is 11.1 Å². The Morgan fingerprint density at radius 1 is 1.00 bits per heavy atom. The molecule has 0 aliphatic heterocycles. The molecular formula is C13H6Cl2O3. The van der Waals surface area contributed by atoms with Gasteiger partial charge in [0.05, 0.1) is 5.56 Å². The third-order valence-electron chi connectivity index (χ3n) is 2.61. The zero-order chi connectivity index (χ0) is 13.3. The van der Waals surface area contributed by atoms with Gasteiger partial charge in [-0.1, -0.05) is 24.3 Å². The number of carbonyl (C=O) groups is 3. The van der Waals surface area contributed by atoms with E-state index in [9.17, 15) is 14.4 Å².